The number of amides is 1. The van der Waals surface area contributed by atoms with E-state index in [0.717, 1.165) is 5.56 Å². The van der Waals surface area contributed by atoms with Gasteiger partial charge in [-0.15, -0.1) is 16.8 Å². The third kappa shape index (κ3) is 6.00. The van der Waals surface area contributed by atoms with Crippen LogP contribution in [0.1, 0.15) is 24.4 Å². The lowest BCUT2D eigenvalue weighted by molar-refractivity contribution is -0.113. The molecule has 2 heterocycles. The Bertz CT molecular complexity index is 1090. The van der Waals surface area contributed by atoms with E-state index in [9.17, 15) is 4.79 Å². The SMILES string of the molecule is C=CCn1c(SCC(=O)Nc2cccnc2Cl)nnc1C(C)Oc1ccc(Cl)c(C)c1. The lowest BCUT2D eigenvalue weighted by atomic mass is 10.2. The summed E-state index contributed by atoms with van der Waals surface area (Å²) < 4.78 is 7.90. The second-order valence-electron chi connectivity index (χ2n) is 6.59. The lowest BCUT2D eigenvalue weighted by Crippen LogP contribution is -2.16. The van der Waals surface area contributed by atoms with E-state index in [4.69, 9.17) is 27.9 Å². The third-order valence-electron chi connectivity index (χ3n) is 4.23. The van der Waals surface area contributed by atoms with Gasteiger partial charge in [0.15, 0.2) is 22.2 Å². The number of thioether (sulfide) groups is 1. The maximum Gasteiger partial charge on any atom is 0.234 e. The van der Waals surface area contributed by atoms with Crippen molar-refractivity contribution in [3.63, 3.8) is 0 Å². The molecular weight excluding hydrogens is 457 g/mol. The molecule has 31 heavy (non-hydrogen) atoms. The molecule has 0 fully saturated rings. The van der Waals surface area contributed by atoms with Crippen LogP contribution in [-0.4, -0.2) is 31.4 Å². The summed E-state index contributed by atoms with van der Waals surface area (Å²) in [7, 11) is 0. The van der Waals surface area contributed by atoms with Crippen LogP contribution in [0, 0.1) is 6.92 Å². The number of ether oxygens (including phenoxy) is 1. The van der Waals surface area contributed by atoms with Gasteiger partial charge >= 0.3 is 0 Å². The largest absolute Gasteiger partial charge is 0.483 e. The fourth-order valence-electron chi connectivity index (χ4n) is 2.75. The molecule has 162 valence electrons. The Labute approximate surface area is 194 Å². The molecule has 0 saturated heterocycles. The molecule has 1 N–H and O–H groups in total. The number of halogens is 2. The number of allylic oxidation sites excluding steroid dienone is 1. The average molecular weight is 478 g/mol. The summed E-state index contributed by atoms with van der Waals surface area (Å²) in [4.78, 5) is 16.3. The number of hydrogen-bond acceptors (Lipinski definition) is 6. The number of aromatic nitrogens is 4. The van der Waals surface area contributed by atoms with Crippen LogP contribution in [0.15, 0.2) is 54.3 Å². The number of aryl methyl sites for hydroxylation is 1. The monoisotopic (exact) mass is 477 g/mol. The minimum atomic E-state index is -0.370. The third-order valence-corrected chi connectivity index (χ3v) is 5.92. The van der Waals surface area contributed by atoms with Crippen LogP contribution >= 0.6 is 35.0 Å². The van der Waals surface area contributed by atoms with Crippen LogP contribution in [0.3, 0.4) is 0 Å². The van der Waals surface area contributed by atoms with Crippen molar-refractivity contribution >= 4 is 46.6 Å². The topological polar surface area (TPSA) is 81.9 Å². The summed E-state index contributed by atoms with van der Waals surface area (Å²) in [6.45, 7) is 8.08. The first kappa shape index (κ1) is 23.1. The molecule has 0 aliphatic carbocycles. The van der Waals surface area contributed by atoms with Crippen molar-refractivity contribution in [3.8, 4) is 5.75 Å². The van der Waals surface area contributed by atoms with E-state index in [1.54, 1.807) is 30.5 Å². The van der Waals surface area contributed by atoms with Gasteiger partial charge in [0, 0.05) is 17.8 Å². The maximum absolute atomic E-state index is 12.3. The molecule has 2 aromatic heterocycles. The zero-order chi connectivity index (χ0) is 22.4. The number of anilines is 1. The molecule has 0 spiro atoms. The zero-order valence-electron chi connectivity index (χ0n) is 17.0. The first-order chi connectivity index (χ1) is 14.9. The fraction of sp³-hybridized carbons (Fsp3) is 0.238. The van der Waals surface area contributed by atoms with E-state index in [1.165, 1.54) is 11.8 Å². The Morgan fingerprint density at radius 1 is 1.35 bits per heavy atom. The van der Waals surface area contributed by atoms with Gasteiger partial charge in [-0.25, -0.2) is 4.98 Å². The van der Waals surface area contributed by atoms with Gasteiger partial charge in [-0.1, -0.05) is 41.0 Å². The highest BCUT2D eigenvalue weighted by Gasteiger charge is 2.20. The molecule has 0 bridgehead atoms. The van der Waals surface area contributed by atoms with E-state index >= 15 is 0 Å². The molecule has 1 amide bonds. The van der Waals surface area contributed by atoms with Crippen molar-refractivity contribution in [2.45, 2.75) is 31.7 Å². The van der Waals surface area contributed by atoms with Gasteiger partial charge in [-0.05, 0) is 49.7 Å². The normalized spacial score (nSPS) is 11.7. The molecule has 0 aliphatic rings. The predicted octanol–water partition coefficient (Wildman–Crippen LogP) is 5.35. The fourth-order valence-corrected chi connectivity index (χ4v) is 3.79. The van der Waals surface area contributed by atoms with Crippen molar-refractivity contribution in [1.82, 2.24) is 19.7 Å². The maximum atomic E-state index is 12.3. The summed E-state index contributed by atoms with van der Waals surface area (Å²) in [5.74, 6) is 1.22. The van der Waals surface area contributed by atoms with E-state index in [-0.39, 0.29) is 22.9 Å². The Morgan fingerprint density at radius 2 is 2.16 bits per heavy atom. The quantitative estimate of drug-likeness (QED) is 0.254. The second kappa shape index (κ2) is 10.7. The van der Waals surface area contributed by atoms with Crippen LogP contribution in [0.5, 0.6) is 5.75 Å². The predicted molar refractivity (Wildman–Crippen MR) is 124 cm³/mol. The van der Waals surface area contributed by atoms with Gasteiger partial charge in [-0.3, -0.25) is 9.36 Å². The van der Waals surface area contributed by atoms with Crippen LogP contribution in [0.25, 0.3) is 0 Å². The molecular formula is C21H21Cl2N5O2S. The van der Waals surface area contributed by atoms with Crippen molar-refractivity contribution in [2.24, 2.45) is 0 Å². The smallest absolute Gasteiger partial charge is 0.234 e. The van der Waals surface area contributed by atoms with Crippen LogP contribution in [0.4, 0.5) is 5.69 Å². The van der Waals surface area contributed by atoms with Gasteiger partial charge in [-0.2, -0.15) is 0 Å². The molecule has 1 unspecified atom stereocenters. The number of rotatable bonds is 9. The molecule has 0 radical (unpaired) electrons. The van der Waals surface area contributed by atoms with E-state index in [0.29, 0.717) is 34.0 Å². The summed E-state index contributed by atoms with van der Waals surface area (Å²) in [5.41, 5.74) is 1.39. The Kier molecular flexibility index (Phi) is 7.95. The molecule has 7 nitrogen and oxygen atoms in total. The number of benzene rings is 1. The van der Waals surface area contributed by atoms with Gasteiger partial charge < -0.3 is 10.1 Å². The number of carbonyl (C=O) groups excluding carboxylic acids is 1. The van der Waals surface area contributed by atoms with E-state index < -0.39 is 0 Å². The molecule has 3 aromatic rings. The number of pyridine rings is 1. The Balaban J connectivity index is 1.69. The Hall–Kier alpha value is -2.55. The number of nitrogens with one attached hydrogen (secondary N) is 1. The van der Waals surface area contributed by atoms with Crippen molar-refractivity contribution < 1.29 is 9.53 Å². The number of hydrogen-bond donors (Lipinski definition) is 1. The molecule has 1 aromatic carbocycles. The molecule has 0 aliphatic heterocycles. The van der Waals surface area contributed by atoms with Crippen LogP contribution < -0.4 is 10.1 Å². The summed E-state index contributed by atoms with van der Waals surface area (Å²) >= 11 is 13.3. The highest BCUT2D eigenvalue weighted by atomic mass is 35.5. The second-order valence-corrected chi connectivity index (χ2v) is 8.30. The molecule has 3 rings (SSSR count). The molecule has 1 atom stereocenters. The number of carbonyl (C=O) groups is 1. The molecule has 10 heteroatoms. The first-order valence-electron chi connectivity index (χ1n) is 9.39. The van der Waals surface area contributed by atoms with Gasteiger partial charge in [0.25, 0.3) is 0 Å². The van der Waals surface area contributed by atoms with Gasteiger partial charge in [0.05, 0.1) is 11.4 Å². The van der Waals surface area contributed by atoms with Crippen molar-refractivity contribution in [1.29, 1.82) is 0 Å². The highest BCUT2D eigenvalue weighted by Crippen LogP contribution is 2.27. The highest BCUT2D eigenvalue weighted by molar-refractivity contribution is 7.99. The number of nitrogens with zero attached hydrogens (tertiary/aromatic N) is 4. The first-order valence-corrected chi connectivity index (χ1v) is 11.1. The summed E-state index contributed by atoms with van der Waals surface area (Å²) in [5, 5.41) is 12.8. The van der Waals surface area contributed by atoms with Crippen LogP contribution in [-0.2, 0) is 11.3 Å². The van der Waals surface area contributed by atoms with Gasteiger partial charge in [0.1, 0.15) is 5.75 Å². The standard InChI is InChI=1S/C21H21Cl2N5O2S/c1-4-10-28-20(14(3)30-15-7-8-16(22)13(2)11-15)26-27-21(28)31-12-18(29)25-17-6-5-9-24-19(17)23/h4-9,11,14H,1,10,12H2,2-3H3,(H,25,29). The minimum absolute atomic E-state index is 0.131. The molecule has 0 saturated carbocycles. The van der Waals surface area contributed by atoms with Crippen LogP contribution in [0.2, 0.25) is 10.2 Å². The van der Waals surface area contributed by atoms with Crippen molar-refractivity contribution in [2.75, 3.05) is 11.1 Å². The summed E-state index contributed by atoms with van der Waals surface area (Å²) in [6.07, 6.45) is 2.93. The van der Waals surface area contributed by atoms with Gasteiger partial charge in [0.2, 0.25) is 5.91 Å². The zero-order valence-corrected chi connectivity index (χ0v) is 19.3. The van der Waals surface area contributed by atoms with Crippen molar-refractivity contribution in [3.05, 3.63) is 70.7 Å². The van der Waals surface area contributed by atoms with E-state index in [1.807, 2.05) is 30.5 Å². The minimum Gasteiger partial charge on any atom is -0.483 e. The lowest BCUT2D eigenvalue weighted by Gasteiger charge is -2.16. The van der Waals surface area contributed by atoms with E-state index in [2.05, 4.69) is 27.1 Å². The average Bonchev–Trinajstić information content (AvgIpc) is 3.14. The Morgan fingerprint density at radius 3 is 2.87 bits per heavy atom. The summed E-state index contributed by atoms with van der Waals surface area (Å²) in [6, 6.07) is 8.86.